The van der Waals surface area contributed by atoms with E-state index in [1.54, 1.807) is 6.92 Å². The maximum atomic E-state index is 11.8. The van der Waals surface area contributed by atoms with Crippen LogP contribution >= 0.6 is 0 Å². The highest BCUT2D eigenvalue weighted by Gasteiger charge is 2.11. The Morgan fingerprint density at radius 3 is 2.29 bits per heavy atom. The average Bonchev–Trinajstić information content (AvgIpc) is 2.44. The molecule has 1 aromatic carbocycles. The molecule has 21 heavy (non-hydrogen) atoms. The molecule has 0 radical (unpaired) electrons. The largest absolute Gasteiger partial charge is 0.466 e. The lowest BCUT2D eigenvalue weighted by atomic mass is 10.0. The van der Waals surface area contributed by atoms with Gasteiger partial charge in [0.2, 0.25) is 0 Å². The lowest BCUT2D eigenvalue weighted by Crippen LogP contribution is -2.10. The van der Waals surface area contributed by atoms with Crippen LogP contribution < -0.4 is 4.74 Å². The normalized spacial score (nSPS) is 10.5. The number of esters is 2. The summed E-state index contributed by atoms with van der Waals surface area (Å²) in [5.41, 5.74) is 1.03. The number of carbonyl (C=O) groups is 2. The van der Waals surface area contributed by atoms with Crippen molar-refractivity contribution in [3.8, 4) is 5.75 Å². The van der Waals surface area contributed by atoms with Crippen LogP contribution in [0.25, 0.3) is 0 Å². The summed E-state index contributed by atoms with van der Waals surface area (Å²) in [7, 11) is 0. The number of unbranched alkanes of at least 4 members (excludes halogenated alkanes) is 1. The Kier molecular flexibility index (Phi) is 7.51. The van der Waals surface area contributed by atoms with E-state index >= 15 is 0 Å². The van der Waals surface area contributed by atoms with E-state index in [0.717, 1.165) is 5.56 Å². The minimum atomic E-state index is -0.257. The lowest BCUT2D eigenvalue weighted by molar-refractivity contribution is -0.143. The first kappa shape index (κ1) is 17.2. The van der Waals surface area contributed by atoms with Gasteiger partial charge in [-0.3, -0.25) is 9.59 Å². The predicted octanol–water partition coefficient (Wildman–Crippen LogP) is 3.84. The van der Waals surface area contributed by atoms with Gasteiger partial charge >= 0.3 is 11.9 Å². The van der Waals surface area contributed by atoms with Gasteiger partial charge in [-0.25, -0.2) is 0 Å². The van der Waals surface area contributed by atoms with Crippen molar-refractivity contribution >= 4 is 11.9 Å². The molecule has 0 heterocycles. The van der Waals surface area contributed by atoms with Crippen LogP contribution in [0.4, 0.5) is 0 Å². The van der Waals surface area contributed by atoms with Crippen LogP contribution in [-0.2, 0) is 14.3 Å². The van der Waals surface area contributed by atoms with E-state index in [2.05, 4.69) is 13.8 Å². The topological polar surface area (TPSA) is 52.6 Å². The zero-order valence-corrected chi connectivity index (χ0v) is 13.1. The Labute approximate surface area is 126 Å². The summed E-state index contributed by atoms with van der Waals surface area (Å²) in [4.78, 5) is 23.0. The van der Waals surface area contributed by atoms with Crippen LogP contribution in [0.3, 0.4) is 0 Å². The van der Waals surface area contributed by atoms with Crippen molar-refractivity contribution in [1.29, 1.82) is 0 Å². The van der Waals surface area contributed by atoms with Crippen LogP contribution in [0.1, 0.15) is 57.9 Å². The summed E-state index contributed by atoms with van der Waals surface area (Å²) in [5, 5.41) is 0. The number of hydrogen-bond donors (Lipinski definition) is 0. The van der Waals surface area contributed by atoms with Crippen LogP contribution in [-0.4, -0.2) is 18.5 Å². The lowest BCUT2D eigenvalue weighted by Gasteiger charge is -2.12. The summed E-state index contributed by atoms with van der Waals surface area (Å²) >= 11 is 0. The van der Waals surface area contributed by atoms with Gasteiger partial charge in [-0.1, -0.05) is 32.0 Å². The molecule has 4 nitrogen and oxygen atoms in total. The maximum absolute atomic E-state index is 11.8. The number of carbonyl (C=O) groups excluding carboxylic acids is 2. The first-order valence-electron chi connectivity index (χ1n) is 7.49. The number of rotatable bonds is 8. The summed E-state index contributed by atoms with van der Waals surface area (Å²) in [5.74, 6) is 0.462. The van der Waals surface area contributed by atoms with E-state index < -0.39 is 0 Å². The summed E-state index contributed by atoms with van der Waals surface area (Å²) < 4.78 is 10.2. The molecule has 0 amide bonds. The van der Waals surface area contributed by atoms with E-state index in [0.29, 0.717) is 44.0 Å². The first-order valence-corrected chi connectivity index (χ1v) is 7.49. The monoisotopic (exact) mass is 292 g/mol. The molecule has 0 unspecified atom stereocenters. The maximum Gasteiger partial charge on any atom is 0.311 e. The Hall–Kier alpha value is -1.84. The van der Waals surface area contributed by atoms with Gasteiger partial charge in [-0.2, -0.15) is 0 Å². The quantitative estimate of drug-likeness (QED) is 0.415. The predicted molar refractivity (Wildman–Crippen MR) is 81.3 cm³/mol. The van der Waals surface area contributed by atoms with Crippen LogP contribution in [0.5, 0.6) is 5.75 Å². The number of hydrogen-bond acceptors (Lipinski definition) is 4. The minimum Gasteiger partial charge on any atom is -0.466 e. The van der Waals surface area contributed by atoms with E-state index in [9.17, 15) is 9.59 Å². The van der Waals surface area contributed by atoms with Gasteiger partial charge in [-0.15, -0.1) is 0 Å². The molecule has 0 aliphatic rings. The second kappa shape index (κ2) is 9.16. The molecular weight excluding hydrogens is 268 g/mol. The van der Waals surface area contributed by atoms with E-state index in [4.69, 9.17) is 9.47 Å². The van der Waals surface area contributed by atoms with Crippen molar-refractivity contribution in [3.05, 3.63) is 29.8 Å². The zero-order valence-electron chi connectivity index (χ0n) is 13.1. The summed E-state index contributed by atoms with van der Waals surface area (Å²) in [6.07, 6.45) is 1.93. The fourth-order valence-electron chi connectivity index (χ4n) is 2.00. The van der Waals surface area contributed by atoms with Crippen molar-refractivity contribution in [1.82, 2.24) is 0 Å². The van der Waals surface area contributed by atoms with Crippen LogP contribution in [0.2, 0.25) is 0 Å². The zero-order chi connectivity index (χ0) is 15.7. The second-order valence-electron chi connectivity index (χ2n) is 5.18. The molecule has 0 saturated heterocycles. The number of ether oxygens (including phenoxy) is 2. The highest BCUT2D eigenvalue weighted by molar-refractivity contribution is 5.73. The molecule has 1 aromatic rings. The molecule has 4 heteroatoms. The molecule has 1 rings (SSSR count). The number of benzene rings is 1. The Bertz CT molecular complexity index is 466. The molecule has 0 N–H and O–H groups in total. The van der Waals surface area contributed by atoms with Gasteiger partial charge in [0.1, 0.15) is 5.75 Å². The average molecular weight is 292 g/mol. The molecular formula is C17H24O4. The van der Waals surface area contributed by atoms with E-state index in [1.165, 1.54) is 0 Å². The van der Waals surface area contributed by atoms with Gasteiger partial charge in [-0.05, 0) is 37.3 Å². The van der Waals surface area contributed by atoms with Gasteiger partial charge < -0.3 is 9.47 Å². The van der Waals surface area contributed by atoms with E-state index in [1.807, 2.05) is 24.3 Å². The molecule has 0 saturated carbocycles. The Morgan fingerprint density at radius 2 is 1.67 bits per heavy atom. The standard InChI is InChI=1S/C17H24O4/c1-4-20-16(18)11-7-8-12-17(19)21-15-10-6-5-9-14(15)13(2)3/h5-6,9-10,13H,4,7-8,11-12H2,1-3H3. The minimum absolute atomic E-state index is 0.212. The van der Waals surface area contributed by atoms with Gasteiger partial charge in [0.25, 0.3) is 0 Å². The van der Waals surface area contributed by atoms with Crippen molar-refractivity contribution < 1.29 is 19.1 Å². The molecule has 0 atom stereocenters. The van der Waals surface area contributed by atoms with Gasteiger partial charge in [0.05, 0.1) is 6.61 Å². The Balaban J connectivity index is 2.36. The third-order valence-electron chi connectivity index (χ3n) is 3.08. The second-order valence-corrected chi connectivity index (χ2v) is 5.18. The van der Waals surface area contributed by atoms with Crippen molar-refractivity contribution in [2.45, 2.75) is 52.4 Å². The molecule has 0 bridgehead atoms. The highest BCUT2D eigenvalue weighted by atomic mass is 16.5. The molecule has 0 aliphatic heterocycles. The van der Waals surface area contributed by atoms with Crippen molar-refractivity contribution in [2.75, 3.05) is 6.61 Å². The smallest absolute Gasteiger partial charge is 0.311 e. The van der Waals surface area contributed by atoms with Crippen molar-refractivity contribution in [3.63, 3.8) is 0 Å². The molecule has 0 aromatic heterocycles. The highest BCUT2D eigenvalue weighted by Crippen LogP contribution is 2.26. The SMILES string of the molecule is CCOC(=O)CCCCC(=O)Oc1ccccc1C(C)C. The molecule has 116 valence electrons. The molecule has 0 spiro atoms. The summed E-state index contributed by atoms with van der Waals surface area (Å²) in [6, 6.07) is 7.57. The Morgan fingerprint density at radius 1 is 1.05 bits per heavy atom. The number of para-hydroxylation sites is 1. The van der Waals surface area contributed by atoms with Crippen LogP contribution in [0.15, 0.2) is 24.3 Å². The van der Waals surface area contributed by atoms with Crippen LogP contribution in [0, 0.1) is 0 Å². The molecule has 0 fully saturated rings. The third kappa shape index (κ3) is 6.43. The fraction of sp³-hybridized carbons (Fsp3) is 0.529. The first-order chi connectivity index (χ1) is 10.0. The third-order valence-corrected chi connectivity index (χ3v) is 3.08. The van der Waals surface area contributed by atoms with Gasteiger partial charge in [0.15, 0.2) is 0 Å². The fourth-order valence-corrected chi connectivity index (χ4v) is 2.00. The van der Waals surface area contributed by atoms with Gasteiger partial charge in [0, 0.05) is 12.8 Å². The summed E-state index contributed by atoms with van der Waals surface area (Å²) in [6.45, 7) is 6.30. The van der Waals surface area contributed by atoms with Crippen molar-refractivity contribution in [2.24, 2.45) is 0 Å². The van der Waals surface area contributed by atoms with E-state index in [-0.39, 0.29) is 11.9 Å². The molecule has 0 aliphatic carbocycles.